The van der Waals surface area contributed by atoms with Crippen LogP contribution >= 0.6 is 0 Å². The van der Waals surface area contributed by atoms with E-state index in [0.717, 1.165) is 4.90 Å². The van der Waals surface area contributed by atoms with Gasteiger partial charge in [0.1, 0.15) is 5.82 Å². The van der Waals surface area contributed by atoms with Crippen molar-refractivity contribution in [1.82, 2.24) is 14.9 Å². The molecule has 0 saturated heterocycles. The van der Waals surface area contributed by atoms with Gasteiger partial charge in [-0.05, 0) is 24.3 Å². The Morgan fingerprint density at radius 1 is 1.04 bits per heavy atom. The van der Waals surface area contributed by atoms with E-state index in [4.69, 9.17) is 0 Å². The van der Waals surface area contributed by atoms with E-state index in [-0.39, 0.29) is 17.0 Å². The zero-order valence-corrected chi connectivity index (χ0v) is 14.4. The third-order valence-corrected chi connectivity index (χ3v) is 4.55. The smallest absolute Gasteiger partial charge is 0.261 e. The number of rotatable bonds is 4. The van der Waals surface area contributed by atoms with Gasteiger partial charge in [0, 0.05) is 0 Å². The molecule has 0 fully saturated rings. The summed E-state index contributed by atoms with van der Waals surface area (Å²) in [5, 5.41) is 9.80. The molecule has 2 amide bonds. The molecule has 4 rings (SSSR count). The zero-order chi connectivity index (χ0) is 19.8. The maximum atomic E-state index is 12.7. The van der Waals surface area contributed by atoms with Gasteiger partial charge < -0.3 is 4.98 Å². The molecule has 1 N–H and O–H groups in total. The molecule has 0 saturated carbocycles. The number of aromatic amines is 1. The maximum absolute atomic E-state index is 12.7. The Morgan fingerprint density at radius 2 is 1.64 bits per heavy atom. The fourth-order valence-corrected chi connectivity index (χ4v) is 3.16. The molecule has 8 nitrogen and oxygen atoms in total. The molecular formula is C20H12N4O4. The van der Waals surface area contributed by atoms with E-state index in [1.54, 1.807) is 42.5 Å². The first-order valence-corrected chi connectivity index (χ1v) is 8.38. The largest absolute Gasteiger partial charge is 0.308 e. The van der Waals surface area contributed by atoms with E-state index < -0.39 is 35.6 Å². The molecular weight excluding hydrogens is 360 g/mol. The second-order valence-corrected chi connectivity index (χ2v) is 6.24. The number of carbonyl (C=O) groups excluding carboxylic acids is 3. The quantitative estimate of drug-likeness (QED) is 0.690. The monoisotopic (exact) mass is 372 g/mol. The van der Waals surface area contributed by atoms with Gasteiger partial charge in [0.2, 0.25) is 0 Å². The third-order valence-electron chi connectivity index (χ3n) is 4.55. The highest BCUT2D eigenvalue weighted by Gasteiger charge is 2.38. The van der Waals surface area contributed by atoms with Gasteiger partial charge in [-0.3, -0.25) is 24.1 Å². The molecule has 1 aliphatic rings. The van der Waals surface area contributed by atoms with Crippen molar-refractivity contribution in [3.63, 3.8) is 0 Å². The summed E-state index contributed by atoms with van der Waals surface area (Å²) in [7, 11) is 0. The minimum absolute atomic E-state index is 0.118. The van der Waals surface area contributed by atoms with Gasteiger partial charge in [0.25, 0.3) is 17.4 Å². The van der Waals surface area contributed by atoms with Crippen molar-refractivity contribution in [2.45, 2.75) is 5.92 Å². The van der Waals surface area contributed by atoms with E-state index in [0.29, 0.717) is 10.9 Å². The second kappa shape index (κ2) is 6.55. The standard InChI is InChI=1S/C20H12N4O4/c21-9-14(17-22-15-8-4-3-7-13(15)18(26)23-17)16(25)10-24-19(27)11-5-1-2-6-12(11)20(24)28/h1-8,14H,10H2,(H,22,23,26). The number of carbonyl (C=O) groups is 3. The molecule has 8 heteroatoms. The van der Waals surface area contributed by atoms with Crippen LogP contribution in [0.2, 0.25) is 0 Å². The molecule has 0 bridgehead atoms. The molecule has 28 heavy (non-hydrogen) atoms. The van der Waals surface area contributed by atoms with Crippen molar-refractivity contribution in [1.29, 1.82) is 5.26 Å². The highest BCUT2D eigenvalue weighted by molar-refractivity contribution is 6.22. The number of benzene rings is 2. The Kier molecular flexibility index (Phi) is 4.05. The molecule has 3 aromatic rings. The Labute approximate surface area is 158 Å². The predicted octanol–water partition coefficient (Wildman–Crippen LogP) is 1.40. The lowest BCUT2D eigenvalue weighted by Gasteiger charge is -2.15. The molecule has 136 valence electrons. The van der Waals surface area contributed by atoms with Crippen molar-refractivity contribution < 1.29 is 14.4 Å². The highest BCUT2D eigenvalue weighted by Crippen LogP contribution is 2.23. The molecule has 2 heterocycles. The number of hydrogen-bond donors (Lipinski definition) is 1. The van der Waals surface area contributed by atoms with Crippen LogP contribution in [0.4, 0.5) is 0 Å². The van der Waals surface area contributed by atoms with Crippen molar-refractivity contribution in [2.24, 2.45) is 0 Å². The van der Waals surface area contributed by atoms with E-state index >= 15 is 0 Å². The van der Waals surface area contributed by atoms with Gasteiger partial charge >= 0.3 is 0 Å². The number of nitrogens with one attached hydrogen (secondary N) is 1. The molecule has 1 atom stereocenters. The summed E-state index contributed by atoms with van der Waals surface area (Å²) in [6.07, 6.45) is 0. The SMILES string of the molecule is N#CC(C(=O)CN1C(=O)c2ccccc2C1=O)c1nc2ccccc2c(=O)[nH]1. The second-order valence-electron chi connectivity index (χ2n) is 6.24. The number of amides is 2. The molecule has 0 spiro atoms. The Hall–Kier alpha value is -4.12. The van der Waals surface area contributed by atoms with Crippen LogP contribution in [0, 0.1) is 11.3 Å². The number of ketones is 1. The third kappa shape index (κ3) is 2.66. The number of Topliss-reactive ketones (excluding diaryl/α,β-unsaturated/α-hetero) is 1. The van der Waals surface area contributed by atoms with Crippen LogP contribution in [-0.4, -0.2) is 39.0 Å². The summed E-state index contributed by atoms with van der Waals surface area (Å²) < 4.78 is 0. The lowest BCUT2D eigenvalue weighted by molar-refractivity contribution is -0.119. The van der Waals surface area contributed by atoms with Crippen LogP contribution in [0.15, 0.2) is 53.3 Å². The first-order chi connectivity index (χ1) is 13.5. The summed E-state index contributed by atoms with van der Waals surface area (Å²) in [5.74, 6) is -3.43. The van der Waals surface area contributed by atoms with Gasteiger partial charge in [0.15, 0.2) is 11.7 Å². The first-order valence-electron chi connectivity index (χ1n) is 8.38. The fourth-order valence-electron chi connectivity index (χ4n) is 3.16. The zero-order valence-electron chi connectivity index (χ0n) is 14.4. The van der Waals surface area contributed by atoms with Gasteiger partial charge in [-0.2, -0.15) is 5.26 Å². The van der Waals surface area contributed by atoms with E-state index in [9.17, 15) is 24.4 Å². The summed E-state index contributed by atoms with van der Waals surface area (Å²) in [4.78, 5) is 57.2. The van der Waals surface area contributed by atoms with Gasteiger partial charge in [-0.1, -0.05) is 24.3 Å². The fraction of sp³-hybridized carbons (Fsp3) is 0.100. The molecule has 1 unspecified atom stereocenters. The number of aromatic nitrogens is 2. The molecule has 1 aliphatic heterocycles. The number of nitrogens with zero attached hydrogens (tertiary/aromatic N) is 3. The van der Waals surface area contributed by atoms with Crippen LogP contribution in [0.3, 0.4) is 0 Å². The molecule has 1 aromatic heterocycles. The Morgan fingerprint density at radius 3 is 2.29 bits per heavy atom. The lowest BCUT2D eigenvalue weighted by Crippen LogP contribution is -2.37. The molecule has 2 aromatic carbocycles. The normalized spacial score (nSPS) is 14.0. The summed E-state index contributed by atoms with van der Waals surface area (Å²) in [6, 6.07) is 14.6. The van der Waals surface area contributed by atoms with Crippen molar-refractivity contribution in [3.8, 4) is 6.07 Å². The highest BCUT2D eigenvalue weighted by atomic mass is 16.2. The van der Waals surface area contributed by atoms with Crippen LogP contribution in [0.25, 0.3) is 10.9 Å². The topological polar surface area (TPSA) is 124 Å². The number of imide groups is 1. The van der Waals surface area contributed by atoms with Crippen LogP contribution in [0.5, 0.6) is 0 Å². The predicted molar refractivity (Wildman–Crippen MR) is 97.5 cm³/mol. The van der Waals surface area contributed by atoms with Crippen molar-refractivity contribution >= 4 is 28.5 Å². The van der Waals surface area contributed by atoms with Gasteiger partial charge in [-0.25, -0.2) is 4.98 Å². The van der Waals surface area contributed by atoms with Gasteiger partial charge in [-0.15, -0.1) is 0 Å². The average Bonchev–Trinajstić information content (AvgIpc) is 2.94. The van der Waals surface area contributed by atoms with E-state index in [2.05, 4.69) is 9.97 Å². The summed E-state index contributed by atoms with van der Waals surface area (Å²) >= 11 is 0. The first kappa shape index (κ1) is 17.3. The number of fused-ring (bicyclic) bond motifs is 2. The lowest BCUT2D eigenvalue weighted by atomic mass is 10.0. The number of nitriles is 1. The number of para-hydroxylation sites is 1. The van der Waals surface area contributed by atoms with E-state index in [1.807, 2.05) is 0 Å². The van der Waals surface area contributed by atoms with Gasteiger partial charge in [0.05, 0.1) is 34.6 Å². The maximum Gasteiger partial charge on any atom is 0.261 e. The summed E-state index contributed by atoms with van der Waals surface area (Å²) in [5.41, 5.74) is 0.293. The van der Waals surface area contributed by atoms with Crippen molar-refractivity contribution in [3.05, 3.63) is 75.8 Å². The number of H-pyrrole nitrogens is 1. The molecule has 0 aliphatic carbocycles. The Balaban J connectivity index is 1.65. The minimum Gasteiger partial charge on any atom is -0.308 e. The van der Waals surface area contributed by atoms with Crippen molar-refractivity contribution in [2.75, 3.05) is 6.54 Å². The van der Waals surface area contributed by atoms with Crippen LogP contribution in [0.1, 0.15) is 32.5 Å². The van der Waals surface area contributed by atoms with Crippen LogP contribution in [-0.2, 0) is 4.79 Å². The minimum atomic E-state index is -1.42. The van der Waals surface area contributed by atoms with Crippen LogP contribution < -0.4 is 5.56 Å². The summed E-state index contributed by atoms with van der Waals surface area (Å²) in [6.45, 7) is -0.582. The van der Waals surface area contributed by atoms with E-state index in [1.165, 1.54) is 12.1 Å². The molecule has 0 radical (unpaired) electrons. The Bertz CT molecular complexity index is 1220. The average molecular weight is 372 g/mol. The number of hydrogen-bond acceptors (Lipinski definition) is 6.